The van der Waals surface area contributed by atoms with Crippen LogP contribution in [0.1, 0.15) is 15.9 Å². The standard InChI is InChI=1S/C12H13N5O/c13-17-11-3-5-15-8-10(11)12(18)16-7-9-2-1-4-14-6-9/h1-6,8H,7,13H2,(H,15,17)(H,16,18). The number of rotatable bonds is 4. The predicted molar refractivity (Wildman–Crippen MR) is 67.5 cm³/mol. The molecule has 0 atom stereocenters. The molecule has 0 aliphatic heterocycles. The first-order valence-electron chi connectivity index (χ1n) is 5.39. The number of hydrazine groups is 1. The molecule has 0 fully saturated rings. The van der Waals surface area contributed by atoms with Crippen LogP contribution in [0.5, 0.6) is 0 Å². The van der Waals surface area contributed by atoms with Gasteiger partial charge in [-0.2, -0.15) is 0 Å². The lowest BCUT2D eigenvalue weighted by Crippen LogP contribution is -2.25. The van der Waals surface area contributed by atoms with Crippen molar-refractivity contribution in [1.82, 2.24) is 15.3 Å². The summed E-state index contributed by atoms with van der Waals surface area (Å²) in [6.07, 6.45) is 6.41. The van der Waals surface area contributed by atoms with Gasteiger partial charge in [0, 0.05) is 31.3 Å². The minimum absolute atomic E-state index is 0.236. The molecule has 6 heteroatoms. The average molecular weight is 243 g/mol. The Hall–Kier alpha value is -2.47. The first-order valence-corrected chi connectivity index (χ1v) is 5.39. The lowest BCUT2D eigenvalue weighted by molar-refractivity contribution is 0.0951. The summed E-state index contributed by atoms with van der Waals surface area (Å²) in [4.78, 5) is 19.8. The van der Waals surface area contributed by atoms with Gasteiger partial charge in [0.15, 0.2) is 0 Å². The quantitative estimate of drug-likeness (QED) is 0.542. The van der Waals surface area contributed by atoms with Crippen LogP contribution in [-0.2, 0) is 6.54 Å². The van der Waals surface area contributed by atoms with E-state index in [1.54, 1.807) is 24.7 Å². The third-order valence-electron chi connectivity index (χ3n) is 2.40. The Bertz CT molecular complexity index is 529. The number of aromatic nitrogens is 2. The molecule has 6 nitrogen and oxygen atoms in total. The smallest absolute Gasteiger partial charge is 0.255 e. The topological polar surface area (TPSA) is 92.9 Å². The highest BCUT2D eigenvalue weighted by Gasteiger charge is 2.10. The molecule has 0 unspecified atom stereocenters. The summed E-state index contributed by atoms with van der Waals surface area (Å²) >= 11 is 0. The van der Waals surface area contributed by atoms with Gasteiger partial charge in [-0.15, -0.1) is 0 Å². The molecule has 0 aromatic carbocycles. The predicted octanol–water partition coefficient (Wildman–Crippen LogP) is 0.692. The van der Waals surface area contributed by atoms with E-state index in [0.29, 0.717) is 17.8 Å². The SMILES string of the molecule is NNc1ccncc1C(=O)NCc1cccnc1. The molecule has 92 valence electrons. The van der Waals surface area contributed by atoms with Gasteiger partial charge in [-0.3, -0.25) is 20.6 Å². The normalized spacial score (nSPS) is 9.83. The Balaban J connectivity index is 2.04. The van der Waals surface area contributed by atoms with Crippen LogP contribution >= 0.6 is 0 Å². The molecule has 0 spiro atoms. The Kier molecular flexibility index (Phi) is 3.83. The third kappa shape index (κ3) is 2.80. The summed E-state index contributed by atoms with van der Waals surface area (Å²) in [6.45, 7) is 0.408. The third-order valence-corrected chi connectivity index (χ3v) is 2.40. The van der Waals surface area contributed by atoms with Crippen molar-refractivity contribution < 1.29 is 4.79 Å². The second kappa shape index (κ2) is 5.74. The molecule has 0 bridgehead atoms. The number of carbonyl (C=O) groups is 1. The van der Waals surface area contributed by atoms with Crippen molar-refractivity contribution in [1.29, 1.82) is 0 Å². The summed E-state index contributed by atoms with van der Waals surface area (Å²) in [7, 11) is 0. The maximum atomic E-state index is 11.9. The largest absolute Gasteiger partial charge is 0.348 e. The fourth-order valence-electron chi connectivity index (χ4n) is 1.48. The molecule has 2 aromatic heterocycles. The van der Waals surface area contributed by atoms with E-state index < -0.39 is 0 Å². The number of nitrogens with zero attached hydrogens (tertiary/aromatic N) is 2. The molecule has 2 aromatic rings. The number of nitrogens with two attached hydrogens (primary N) is 1. The van der Waals surface area contributed by atoms with Gasteiger partial charge in [-0.1, -0.05) is 6.07 Å². The average Bonchev–Trinajstić information content (AvgIpc) is 2.45. The summed E-state index contributed by atoms with van der Waals surface area (Å²) in [5.41, 5.74) is 4.33. The molecule has 0 saturated carbocycles. The summed E-state index contributed by atoms with van der Waals surface area (Å²) in [6, 6.07) is 5.34. The number of carbonyl (C=O) groups excluding carboxylic acids is 1. The van der Waals surface area contributed by atoms with Gasteiger partial charge in [0.25, 0.3) is 5.91 Å². The molecular formula is C12H13N5O. The van der Waals surface area contributed by atoms with Gasteiger partial charge < -0.3 is 10.7 Å². The van der Waals surface area contributed by atoms with Crippen molar-refractivity contribution in [3.63, 3.8) is 0 Å². The summed E-state index contributed by atoms with van der Waals surface area (Å²) in [5, 5.41) is 2.78. The number of hydrogen-bond donors (Lipinski definition) is 3. The van der Waals surface area contributed by atoms with Gasteiger partial charge in [0.1, 0.15) is 0 Å². The first-order chi connectivity index (χ1) is 8.81. The number of pyridine rings is 2. The number of nitrogen functional groups attached to an aromatic ring is 1. The van der Waals surface area contributed by atoms with Crippen LogP contribution < -0.4 is 16.6 Å². The van der Waals surface area contributed by atoms with Gasteiger partial charge in [0.05, 0.1) is 11.3 Å². The molecule has 1 amide bonds. The van der Waals surface area contributed by atoms with Crippen molar-refractivity contribution in [3.05, 3.63) is 54.1 Å². The van der Waals surface area contributed by atoms with E-state index in [9.17, 15) is 4.79 Å². The van der Waals surface area contributed by atoms with E-state index in [0.717, 1.165) is 5.56 Å². The number of amides is 1. The molecule has 2 rings (SSSR count). The highest BCUT2D eigenvalue weighted by atomic mass is 16.1. The van der Waals surface area contributed by atoms with Crippen LogP contribution in [0.3, 0.4) is 0 Å². The molecule has 0 saturated heterocycles. The van der Waals surface area contributed by atoms with Gasteiger partial charge in [0.2, 0.25) is 0 Å². The minimum Gasteiger partial charge on any atom is -0.348 e. The van der Waals surface area contributed by atoms with E-state index >= 15 is 0 Å². The van der Waals surface area contributed by atoms with Crippen LogP contribution in [0.15, 0.2) is 43.0 Å². The van der Waals surface area contributed by atoms with Crippen LogP contribution in [0.25, 0.3) is 0 Å². The van der Waals surface area contributed by atoms with Gasteiger partial charge in [-0.25, -0.2) is 0 Å². The van der Waals surface area contributed by atoms with E-state index in [1.807, 2.05) is 12.1 Å². The molecule has 18 heavy (non-hydrogen) atoms. The lowest BCUT2D eigenvalue weighted by atomic mass is 10.2. The van der Waals surface area contributed by atoms with Crippen molar-refractivity contribution in [2.24, 2.45) is 5.84 Å². The Labute approximate surface area is 104 Å². The van der Waals surface area contributed by atoms with E-state index in [1.165, 1.54) is 6.20 Å². The van der Waals surface area contributed by atoms with E-state index in [-0.39, 0.29) is 5.91 Å². The lowest BCUT2D eigenvalue weighted by Gasteiger charge is -2.08. The first kappa shape index (κ1) is 12.0. The van der Waals surface area contributed by atoms with Crippen LogP contribution in [0.4, 0.5) is 5.69 Å². The van der Waals surface area contributed by atoms with Crippen molar-refractivity contribution in [2.45, 2.75) is 6.54 Å². The summed E-state index contributed by atoms with van der Waals surface area (Å²) in [5.74, 6) is 5.09. The molecule has 0 aliphatic carbocycles. The van der Waals surface area contributed by atoms with Gasteiger partial charge in [-0.05, 0) is 17.7 Å². The van der Waals surface area contributed by atoms with Gasteiger partial charge >= 0.3 is 0 Å². The Morgan fingerprint density at radius 3 is 2.78 bits per heavy atom. The fraction of sp³-hybridized carbons (Fsp3) is 0.0833. The minimum atomic E-state index is -0.236. The monoisotopic (exact) mass is 243 g/mol. The van der Waals surface area contributed by atoms with Crippen molar-refractivity contribution in [3.8, 4) is 0 Å². The van der Waals surface area contributed by atoms with Crippen LogP contribution in [0, 0.1) is 0 Å². The zero-order chi connectivity index (χ0) is 12.8. The highest BCUT2D eigenvalue weighted by molar-refractivity contribution is 5.99. The molecule has 0 radical (unpaired) electrons. The van der Waals surface area contributed by atoms with E-state index in [2.05, 4.69) is 20.7 Å². The number of hydrogen-bond acceptors (Lipinski definition) is 5. The van der Waals surface area contributed by atoms with Crippen molar-refractivity contribution in [2.75, 3.05) is 5.43 Å². The van der Waals surface area contributed by atoms with Crippen LogP contribution in [-0.4, -0.2) is 15.9 Å². The summed E-state index contributed by atoms with van der Waals surface area (Å²) < 4.78 is 0. The number of anilines is 1. The number of nitrogens with one attached hydrogen (secondary N) is 2. The highest BCUT2D eigenvalue weighted by Crippen LogP contribution is 2.11. The zero-order valence-electron chi connectivity index (χ0n) is 9.63. The Morgan fingerprint density at radius 1 is 1.22 bits per heavy atom. The maximum Gasteiger partial charge on any atom is 0.255 e. The zero-order valence-corrected chi connectivity index (χ0v) is 9.63. The molecule has 0 aliphatic rings. The fourth-order valence-corrected chi connectivity index (χ4v) is 1.48. The van der Waals surface area contributed by atoms with Crippen molar-refractivity contribution >= 4 is 11.6 Å². The van der Waals surface area contributed by atoms with E-state index in [4.69, 9.17) is 5.84 Å². The molecule has 4 N–H and O–H groups in total. The van der Waals surface area contributed by atoms with Crippen LogP contribution in [0.2, 0.25) is 0 Å². The maximum absolute atomic E-state index is 11.9. The second-order valence-electron chi connectivity index (χ2n) is 3.61. The Morgan fingerprint density at radius 2 is 2.06 bits per heavy atom. The molecule has 2 heterocycles. The second-order valence-corrected chi connectivity index (χ2v) is 3.61. The molecular weight excluding hydrogens is 230 g/mol.